The fourth-order valence-electron chi connectivity index (χ4n) is 2.12. The largest absolute Gasteiger partial charge is 0.369 e. The highest BCUT2D eigenvalue weighted by molar-refractivity contribution is 5.99. The number of hydrogen-bond donors (Lipinski definition) is 2. The molecule has 0 bridgehead atoms. The molecule has 106 valence electrons. The minimum absolute atomic E-state index is 0.0774. The highest BCUT2D eigenvalue weighted by Crippen LogP contribution is 2.33. The molecule has 1 aromatic carbocycles. The summed E-state index contributed by atoms with van der Waals surface area (Å²) < 4.78 is 13.5. The van der Waals surface area contributed by atoms with Gasteiger partial charge in [-0.15, -0.1) is 0 Å². The number of carbonyl (C=O) groups excluding carboxylic acids is 2. The molecule has 1 aliphatic rings. The van der Waals surface area contributed by atoms with E-state index in [0.29, 0.717) is 5.56 Å². The van der Waals surface area contributed by atoms with Crippen LogP contribution < -0.4 is 11.5 Å². The van der Waals surface area contributed by atoms with Gasteiger partial charge in [0.05, 0.1) is 17.5 Å². The number of carbonyl (C=O) groups is 2. The van der Waals surface area contributed by atoms with E-state index in [1.807, 2.05) is 0 Å². The van der Waals surface area contributed by atoms with Gasteiger partial charge in [-0.05, 0) is 24.6 Å². The van der Waals surface area contributed by atoms with Crippen molar-refractivity contribution in [1.29, 1.82) is 0 Å². The Hall–Kier alpha value is -2.44. The third-order valence-corrected chi connectivity index (χ3v) is 3.43. The molecule has 0 aliphatic carbocycles. The molecule has 4 N–H and O–H groups in total. The summed E-state index contributed by atoms with van der Waals surface area (Å²) in [5.74, 6) is -1.70. The number of amides is 2. The van der Waals surface area contributed by atoms with Crippen LogP contribution in [0.4, 0.5) is 4.39 Å². The second-order valence-electron chi connectivity index (χ2n) is 4.93. The number of aliphatic imine (C=N–C) groups is 1. The molecule has 20 heavy (non-hydrogen) atoms. The molecule has 0 unspecified atom stereocenters. The van der Waals surface area contributed by atoms with E-state index < -0.39 is 17.3 Å². The third-order valence-electron chi connectivity index (χ3n) is 3.43. The smallest absolute Gasteiger partial charge is 0.251 e. The average molecular weight is 278 g/mol. The molecule has 1 aromatic rings. The van der Waals surface area contributed by atoms with Gasteiger partial charge in [-0.25, -0.2) is 9.38 Å². The predicted octanol–water partition coefficient (Wildman–Crippen LogP) is 0.317. The van der Waals surface area contributed by atoms with Gasteiger partial charge in [-0.3, -0.25) is 14.5 Å². The maximum Gasteiger partial charge on any atom is 0.251 e. The van der Waals surface area contributed by atoms with Crippen molar-refractivity contribution in [2.24, 2.45) is 16.5 Å². The first kappa shape index (κ1) is 14.0. The molecule has 2 rings (SSSR count). The molecule has 1 atom stereocenters. The van der Waals surface area contributed by atoms with Gasteiger partial charge in [-0.2, -0.15) is 0 Å². The quantitative estimate of drug-likeness (QED) is 0.814. The normalized spacial score (nSPS) is 22.6. The number of nitrogens with zero attached hydrogens (tertiary/aromatic N) is 2. The van der Waals surface area contributed by atoms with Crippen LogP contribution in [0.25, 0.3) is 0 Å². The highest BCUT2D eigenvalue weighted by Gasteiger charge is 2.36. The van der Waals surface area contributed by atoms with Gasteiger partial charge in [0.1, 0.15) is 5.82 Å². The summed E-state index contributed by atoms with van der Waals surface area (Å²) in [6, 6.07) is 3.92. The number of benzene rings is 1. The van der Waals surface area contributed by atoms with E-state index in [1.165, 1.54) is 24.1 Å². The summed E-state index contributed by atoms with van der Waals surface area (Å²) in [7, 11) is 1.53. The third kappa shape index (κ3) is 2.22. The Labute approximate surface area is 115 Å². The van der Waals surface area contributed by atoms with Gasteiger partial charge < -0.3 is 11.5 Å². The fourth-order valence-corrected chi connectivity index (χ4v) is 2.12. The van der Waals surface area contributed by atoms with Crippen molar-refractivity contribution in [2.75, 3.05) is 7.05 Å². The van der Waals surface area contributed by atoms with Crippen LogP contribution in [0.2, 0.25) is 0 Å². The van der Waals surface area contributed by atoms with Crippen LogP contribution in [0.1, 0.15) is 29.3 Å². The number of rotatable bonds is 2. The lowest BCUT2D eigenvalue weighted by atomic mass is 9.86. The van der Waals surface area contributed by atoms with Crippen LogP contribution in [0, 0.1) is 5.82 Å². The number of nitrogens with two attached hydrogens (primary N) is 2. The van der Waals surface area contributed by atoms with Gasteiger partial charge in [0, 0.05) is 7.05 Å². The average Bonchev–Trinajstić information content (AvgIpc) is 2.35. The lowest BCUT2D eigenvalue weighted by molar-refractivity contribution is -0.128. The van der Waals surface area contributed by atoms with Gasteiger partial charge >= 0.3 is 0 Å². The summed E-state index contributed by atoms with van der Waals surface area (Å²) in [4.78, 5) is 28.6. The van der Waals surface area contributed by atoms with E-state index in [9.17, 15) is 14.0 Å². The molecule has 0 spiro atoms. The number of guanidine groups is 1. The second-order valence-corrected chi connectivity index (χ2v) is 4.93. The summed E-state index contributed by atoms with van der Waals surface area (Å²) in [5, 5.41) is 0. The van der Waals surface area contributed by atoms with E-state index in [-0.39, 0.29) is 23.9 Å². The van der Waals surface area contributed by atoms with Crippen LogP contribution in [0.15, 0.2) is 23.2 Å². The van der Waals surface area contributed by atoms with Crippen molar-refractivity contribution in [3.63, 3.8) is 0 Å². The molecule has 0 saturated heterocycles. The molecular formula is C13H15FN4O2. The summed E-state index contributed by atoms with van der Waals surface area (Å²) >= 11 is 0. The lowest BCUT2D eigenvalue weighted by Gasteiger charge is -2.33. The fraction of sp³-hybridized carbons (Fsp3) is 0.308. The van der Waals surface area contributed by atoms with Crippen LogP contribution in [0.5, 0.6) is 0 Å². The van der Waals surface area contributed by atoms with Gasteiger partial charge in [0.15, 0.2) is 5.96 Å². The Morgan fingerprint density at radius 1 is 1.50 bits per heavy atom. The van der Waals surface area contributed by atoms with E-state index in [1.54, 1.807) is 6.92 Å². The van der Waals surface area contributed by atoms with Crippen LogP contribution in [-0.2, 0) is 10.3 Å². The number of hydrogen-bond acceptors (Lipinski definition) is 4. The van der Waals surface area contributed by atoms with Crippen LogP contribution in [-0.4, -0.2) is 29.7 Å². The van der Waals surface area contributed by atoms with Gasteiger partial charge in [-0.1, -0.05) is 6.07 Å². The lowest BCUT2D eigenvalue weighted by Crippen LogP contribution is -2.47. The maximum atomic E-state index is 13.5. The topological polar surface area (TPSA) is 102 Å². The SMILES string of the molecule is CN1C(=O)C[C@](C)(c2ccc(F)c(C(N)=O)c2)N=C1N. The van der Waals surface area contributed by atoms with Crippen molar-refractivity contribution in [3.05, 3.63) is 35.1 Å². The molecule has 1 heterocycles. The van der Waals surface area contributed by atoms with Crippen LogP contribution >= 0.6 is 0 Å². The van der Waals surface area contributed by atoms with E-state index in [4.69, 9.17) is 11.5 Å². The summed E-state index contributed by atoms with van der Waals surface area (Å²) in [6.07, 6.45) is 0.0774. The highest BCUT2D eigenvalue weighted by atomic mass is 19.1. The Balaban J connectivity index is 2.53. The number of primary amides is 1. The molecular weight excluding hydrogens is 263 g/mol. The van der Waals surface area contributed by atoms with E-state index >= 15 is 0 Å². The Morgan fingerprint density at radius 2 is 2.15 bits per heavy atom. The van der Waals surface area contributed by atoms with Crippen molar-refractivity contribution >= 4 is 17.8 Å². The standard InChI is InChI=1S/C13H15FN4O2/c1-13(6-10(19)18(2)12(16)17-13)7-3-4-9(14)8(5-7)11(15)20/h3-5H,6H2,1-2H3,(H2,15,20)(H2,16,17)/t13-/m1/s1. The van der Waals surface area contributed by atoms with Crippen molar-refractivity contribution in [3.8, 4) is 0 Å². The van der Waals surface area contributed by atoms with Crippen molar-refractivity contribution < 1.29 is 14.0 Å². The van der Waals surface area contributed by atoms with Crippen molar-refractivity contribution in [2.45, 2.75) is 18.9 Å². The van der Waals surface area contributed by atoms with E-state index in [2.05, 4.69) is 4.99 Å². The molecule has 7 heteroatoms. The predicted molar refractivity (Wildman–Crippen MR) is 71.3 cm³/mol. The molecule has 2 amide bonds. The molecule has 6 nitrogen and oxygen atoms in total. The first-order valence-corrected chi connectivity index (χ1v) is 5.96. The maximum absolute atomic E-state index is 13.5. The molecule has 0 aromatic heterocycles. The molecule has 0 saturated carbocycles. The Morgan fingerprint density at radius 3 is 2.70 bits per heavy atom. The first-order chi connectivity index (χ1) is 9.24. The summed E-state index contributed by atoms with van der Waals surface area (Å²) in [6.45, 7) is 1.70. The van der Waals surface area contributed by atoms with Gasteiger partial charge in [0.25, 0.3) is 5.91 Å². The monoisotopic (exact) mass is 278 g/mol. The molecule has 0 fully saturated rings. The Bertz CT molecular complexity index is 629. The number of halogens is 1. The molecule has 1 aliphatic heterocycles. The van der Waals surface area contributed by atoms with Gasteiger partial charge in [0.2, 0.25) is 5.91 Å². The zero-order valence-electron chi connectivity index (χ0n) is 11.2. The second kappa shape index (κ2) is 4.59. The minimum atomic E-state index is -0.939. The minimum Gasteiger partial charge on any atom is -0.369 e. The molecule has 0 radical (unpaired) electrons. The zero-order valence-corrected chi connectivity index (χ0v) is 11.2. The Kier molecular flexibility index (Phi) is 3.21. The first-order valence-electron chi connectivity index (χ1n) is 5.96. The zero-order chi connectivity index (χ0) is 15.1. The van der Waals surface area contributed by atoms with Crippen LogP contribution in [0.3, 0.4) is 0 Å². The summed E-state index contributed by atoms with van der Waals surface area (Å²) in [5.41, 5.74) is 10.2. The van der Waals surface area contributed by atoms with Crippen molar-refractivity contribution in [1.82, 2.24) is 4.90 Å². The van der Waals surface area contributed by atoms with E-state index in [0.717, 1.165) is 6.07 Å².